The SMILES string of the molecule is CC(=O)O.[2H]C1CNC1. The summed E-state index contributed by atoms with van der Waals surface area (Å²) in [7, 11) is 0. The van der Waals surface area contributed by atoms with Gasteiger partial charge < -0.3 is 10.4 Å². The molecule has 1 saturated heterocycles. The molecule has 0 spiro atoms. The van der Waals surface area contributed by atoms with Crippen LogP contribution in [0.25, 0.3) is 0 Å². The molecule has 0 atom stereocenters. The third-order valence-corrected chi connectivity index (χ3v) is 0.577. The highest BCUT2D eigenvalue weighted by Gasteiger charge is 1.92. The minimum absolute atomic E-state index is 0.204. The molecule has 0 aliphatic carbocycles. The summed E-state index contributed by atoms with van der Waals surface area (Å²) >= 11 is 0. The third-order valence-electron chi connectivity index (χ3n) is 0.577. The second-order valence-electron chi connectivity index (χ2n) is 1.47. The lowest BCUT2D eigenvalue weighted by Crippen LogP contribution is -2.29. The molecular formula is C5H11NO2. The van der Waals surface area contributed by atoms with Crippen molar-refractivity contribution in [3.8, 4) is 0 Å². The summed E-state index contributed by atoms with van der Waals surface area (Å²) < 4.78 is 6.85. The second-order valence-corrected chi connectivity index (χ2v) is 1.47. The van der Waals surface area contributed by atoms with E-state index in [0.29, 0.717) is 0 Å². The molecule has 3 heteroatoms. The van der Waals surface area contributed by atoms with Crippen molar-refractivity contribution in [1.29, 1.82) is 0 Å². The molecule has 1 aliphatic heterocycles. The molecule has 0 radical (unpaired) electrons. The molecule has 0 aromatic rings. The fraction of sp³-hybridized carbons (Fsp3) is 0.800. The van der Waals surface area contributed by atoms with Crippen LogP contribution in [-0.2, 0) is 4.79 Å². The molecule has 48 valence electrons. The lowest BCUT2D eigenvalue weighted by Gasteiger charge is -2.09. The van der Waals surface area contributed by atoms with Gasteiger partial charge in [0.05, 0.1) is 0 Å². The van der Waals surface area contributed by atoms with E-state index in [1.54, 1.807) is 0 Å². The first-order valence-electron chi connectivity index (χ1n) is 3.03. The normalized spacial score (nSPS) is 19.4. The maximum Gasteiger partial charge on any atom is 0.300 e. The summed E-state index contributed by atoms with van der Waals surface area (Å²) in [5.74, 6) is -0.833. The summed E-state index contributed by atoms with van der Waals surface area (Å²) in [5.41, 5.74) is 0. The van der Waals surface area contributed by atoms with Crippen molar-refractivity contribution < 1.29 is 11.3 Å². The van der Waals surface area contributed by atoms with E-state index in [1.807, 2.05) is 0 Å². The standard InChI is InChI=1S/C3H7N.C2H4O2/c1-2-4-3-1;1-2(3)4/h4H,1-3H2;1H3,(H,3,4)/i1D;. The molecule has 1 aliphatic rings. The third kappa shape index (κ3) is 9.06. The van der Waals surface area contributed by atoms with Gasteiger partial charge in [-0.2, -0.15) is 0 Å². The van der Waals surface area contributed by atoms with E-state index in [-0.39, 0.29) is 6.40 Å². The Kier molecular flexibility index (Phi) is 3.19. The molecular weight excluding hydrogens is 106 g/mol. The van der Waals surface area contributed by atoms with E-state index in [1.165, 1.54) is 0 Å². The Bertz CT molecular complexity index is 89.0. The Labute approximate surface area is 50.1 Å². The van der Waals surface area contributed by atoms with E-state index in [0.717, 1.165) is 20.0 Å². The zero-order chi connectivity index (χ0) is 7.28. The number of carboxylic acids is 1. The minimum atomic E-state index is -0.833. The Morgan fingerprint density at radius 2 is 2.12 bits per heavy atom. The van der Waals surface area contributed by atoms with Gasteiger partial charge in [-0.1, -0.05) is 0 Å². The molecule has 0 bridgehead atoms. The van der Waals surface area contributed by atoms with E-state index < -0.39 is 5.97 Å². The molecule has 0 unspecified atom stereocenters. The van der Waals surface area contributed by atoms with Gasteiger partial charge in [-0.25, -0.2) is 0 Å². The second kappa shape index (κ2) is 4.59. The lowest BCUT2D eigenvalue weighted by atomic mass is 10.3. The highest BCUT2D eigenvalue weighted by molar-refractivity contribution is 5.62. The van der Waals surface area contributed by atoms with E-state index in [2.05, 4.69) is 5.32 Å². The number of hydrogen-bond acceptors (Lipinski definition) is 2. The van der Waals surface area contributed by atoms with Crippen molar-refractivity contribution in [2.24, 2.45) is 0 Å². The molecule has 0 saturated carbocycles. The summed E-state index contributed by atoms with van der Waals surface area (Å²) in [6.45, 7) is 2.89. The van der Waals surface area contributed by atoms with Gasteiger partial charge in [0, 0.05) is 8.29 Å². The van der Waals surface area contributed by atoms with E-state index in [4.69, 9.17) is 11.3 Å². The monoisotopic (exact) mass is 118 g/mol. The minimum Gasteiger partial charge on any atom is -0.481 e. The smallest absolute Gasteiger partial charge is 0.300 e. The maximum absolute atomic E-state index is 9.00. The van der Waals surface area contributed by atoms with Gasteiger partial charge in [-0.05, 0) is 19.5 Å². The number of carboxylic acid groups (broad SMARTS) is 1. The average molecular weight is 118 g/mol. The molecule has 1 rings (SSSR count). The highest BCUT2D eigenvalue weighted by atomic mass is 16.4. The zero-order valence-corrected chi connectivity index (χ0v) is 4.85. The maximum atomic E-state index is 9.00. The number of hydrogen-bond donors (Lipinski definition) is 2. The van der Waals surface area contributed by atoms with Gasteiger partial charge in [0.15, 0.2) is 0 Å². The molecule has 3 nitrogen and oxygen atoms in total. The van der Waals surface area contributed by atoms with Crippen LogP contribution in [0.2, 0.25) is 0 Å². The predicted octanol–water partition coefficient (Wildman–Crippen LogP) is 0.0706. The summed E-state index contributed by atoms with van der Waals surface area (Å²) in [5, 5.41) is 10.4. The summed E-state index contributed by atoms with van der Waals surface area (Å²) in [6, 6.07) is 0. The van der Waals surface area contributed by atoms with Gasteiger partial charge in [-0.3, -0.25) is 4.79 Å². The largest absolute Gasteiger partial charge is 0.481 e. The van der Waals surface area contributed by atoms with Crippen LogP contribution in [0.5, 0.6) is 0 Å². The van der Waals surface area contributed by atoms with Gasteiger partial charge in [0.2, 0.25) is 0 Å². The van der Waals surface area contributed by atoms with Gasteiger partial charge in [0.1, 0.15) is 0 Å². The number of nitrogens with one attached hydrogen (secondary N) is 1. The zero-order valence-electron chi connectivity index (χ0n) is 5.85. The van der Waals surface area contributed by atoms with E-state index >= 15 is 0 Å². The first-order chi connectivity index (χ1) is 4.13. The molecule has 0 aromatic carbocycles. The van der Waals surface area contributed by atoms with Crippen LogP contribution in [0.4, 0.5) is 0 Å². The number of carbonyl (C=O) groups is 1. The van der Waals surface area contributed by atoms with Crippen LogP contribution >= 0.6 is 0 Å². The van der Waals surface area contributed by atoms with Crippen molar-refractivity contribution >= 4 is 5.97 Å². The van der Waals surface area contributed by atoms with Crippen LogP contribution in [-0.4, -0.2) is 24.2 Å². The van der Waals surface area contributed by atoms with Gasteiger partial charge in [-0.15, -0.1) is 0 Å². The first kappa shape index (κ1) is 5.56. The van der Waals surface area contributed by atoms with Gasteiger partial charge >= 0.3 is 0 Å². The van der Waals surface area contributed by atoms with Gasteiger partial charge in [0.25, 0.3) is 5.97 Å². The Hall–Kier alpha value is -0.570. The molecule has 0 amide bonds. The summed E-state index contributed by atoms with van der Waals surface area (Å²) in [6.07, 6.45) is 0.204. The van der Waals surface area contributed by atoms with Crippen molar-refractivity contribution in [3.63, 3.8) is 0 Å². The number of aliphatic carboxylic acids is 1. The quantitative estimate of drug-likeness (QED) is 0.473. The molecule has 2 N–H and O–H groups in total. The average Bonchev–Trinajstić information content (AvgIpc) is 1.59. The Morgan fingerprint density at radius 1 is 1.88 bits per heavy atom. The molecule has 0 aromatic heterocycles. The highest BCUT2D eigenvalue weighted by Crippen LogP contribution is 1.80. The molecule has 1 fully saturated rings. The Balaban J connectivity index is 0.000000148. The molecule has 1 heterocycles. The van der Waals surface area contributed by atoms with Crippen LogP contribution in [0.1, 0.15) is 14.7 Å². The molecule has 8 heavy (non-hydrogen) atoms. The predicted molar refractivity (Wildman–Crippen MR) is 30.8 cm³/mol. The number of rotatable bonds is 0. The van der Waals surface area contributed by atoms with Crippen molar-refractivity contribution in [2.45, 2.75) is 13.3 Å². The van der Waals surface area contributed by atoms with Crippen LogP contribution in [0.3, 0.4) is 0 Å². The van der Waals surface area contributed by atoms with Crippen LogP contribution in [0.15, 0.2) is 0 Å². The summed E-state index contributed by atoms with van der Waals surface area (Å²) in [4.78, 5) is 9.00. The van der Waals surface area contributed by atoms with Crippen LogP contribution < -0.4 is 5.32 Å². The van der Waals surface area contributed by atoms with Crippen molar-refractivity contribution in [1.82, 2.24) is 5.32 Å². The van der Waals surface area contributed by atoms with Crippen LogP contribution in [0, 0.1) is 0 Å². The van der Waals surface area contributed by atoms with E-state index in [9.17, 15) is 0 Å². The van der Waals surface area contributed by atoms with Crippen molar-refractivity contribution in [2.75, 3.05) is 13.1 Å². The fourth-order valence-electron chi connectivity index (χ4n) is 0.144. The first-order valence-corrected chi connectivity index (χ1v) is 2.45. The van der Waals surface area contributed by atoms with Crippen molar-refractivity contribution in [3.05, 3.63) is 0 Å². The Morgan fingerprint density at radius 3 is 2.12 bits per heavy atom. The lowest BCUT2D eigenvalue weighted by molar-refractivity contribution is -0.134. The topological polar surface area (TPSA) is 49.3 Å². The fourth-order valence-corrected chi connectivity index (χ4v) is 0.144.